The lowest BCUT2D eigenvalue weighted by atomic mass is 10.1. The van der Waals surface area contributed by atoms with Crippen molar-refractivity contribution in [3.63, 3.8) is 0 Å². The van der Waals surface area contributed by atoms with E-state index in [2.05, 4.69) is 43.1 Å². The number of aryl methyl sites for hydroxylation is 1. The minimum Gasteiger partial charge on any atom is -0.397 e. The second kappa shape index (κ2) is 7.30. The van der Waals surface area contributed by atoms with Crippen LogP contribution >= 0.6 is 11.8 Å². The van der Waals surface area contributed by atoms with Crippen molar-refractivity contribution in [1.29, 1.82) is 0 Å². The lowest BCUT2D eigenvalue weighted by Gasteiger charge is -2.05. The predicted molar refractivity (Wildman–Crippen MR) is 75.6 cm³/mol. The summed E-state index contributed by atoms with van der Waals surface area (Å²) in [5, 5.41) is 8.84. The molecule has 0 aliphatic heterocycles. The van der Waals surface area contributed by atoms with Crippen molar-refractivity contribution >= 4 is 22.7 Å². The summed E-state index contributed by atoms with van der Waals surface area (Å²) in [6.45, 7) is 6.23. The Labute approximate surface area is 107 Å². The molecule has 0 spiro atoms. The van der Waals surface area contributed by atoms with Gasteiger partial charge in [-0.15, -0.1) is 11.8 Å². The molecule has 1 heterocycles. The smallest absolute Gasteiger partial charge is 0.0840 e. The first-order chi connectivity index (χ1) is 8.24. The summed E-state index contributed by atoms with van der Waals surface area (Å²) in [5.41, 5.74) is 2.44. The molecule has 92 valence electrons. The van der Waals surface area contributed by atoms with Gasteiger partial charge in [0, 0.05) is 23.1 Å². The van der Waals surface area contributed by atoms with Crippen LogP contribution in [0, 0.1) is 6.92 Å². The second-order valence-corrected chi connectivity index (χ2v) is 4.84. The van der Waals surface area contributed by atoms with Crippen molar-refractivity contribution < 1.29 is 5.11 Å². The topological polar surface area (TPSA) is 33.1 Å². The Morgan fingerprint density at radius 3 is 2.59 bits per heavy atom. The highest BCUT2D eigenvalue weighted by atomic mass is 32.2. The molecule has 0 radical (unpaired) electrons. The van der Waals surface area contributed by atoms with Crippen LogP contribution in [-0.2, 0) is 0 Å². The number of hydrogen-bond acceptors (Lipinski definition) is 3. The van der Waals surface area contributed by atoms with Gasteiger partial charge in [-0.1, -0.05) is 19.1 Å². The van der Waals surface area contributed by atoms with Crippen LogP contribution in [0.5, 0.6) is 0 Å². The van der Waals surface area contributed by atoms with Crippen molar-refractivity contribution in [1.82, 2.24) is 4.98 Å². The first-order valence-electron chi connectivity index (χ1n) is 5.82. The van der Waals surface area contributed by atoms with Crippen LogP contribution in [0.25, 0.3) is 10.9 Å². The molecule has 0 bridgehead atoms. The minimum atomic E-state index is 0.250. The fourth-order valence-electron chi connectivity index (χ4n) is 1.56. The lowest BCUT2D eigenvalue weighted by molar-refractivity contribution is 0.318. The number of benzene rings is 1. The van der Waals surface area contributed by atoms with Gasteiger partial charge in [-0.3, -0.25) is 4.98 Å². The zero-order valence-corrected chi connectivity index (χ0v) is 11.4. The quantitative estimate of drug-likeness (QED) is 0.825. The molecule has 1 aromatic heterocycles. The van der Waals surface area contributed by atoms with Gasteiger partial charge in [0.15, 0.2) is 0 Å². The summed E-state index contributed by atoms with van der Waals surface area (Å²) in [6.07, 6.45) is 1.89. The molecule has 2 nitrogen and oxygen atoms in total. The molecular formula is C14H19NOS. The number of aliphatic hydroxyl groups excluding tert-OH is 1. The van der Waals surface area contributed by atoms with E-state index in [1.54, 1.807) is 6.92 Å². The molecule has 17 heavy (non-hydrogen) atoms. The maximum Gasteiger partial charge on any atom is 0.0840 e. The number of rotatable bonds is 2. The fourth-order valence-corrected chi connectivity index (χ4v) is 2.34. The van der Waals surface area contributed by atoms with Crippen LogP contribution in [0.3, 0.4) is 0 Å². The van der Waals surface area contributed by atoms with Crippen LogP contribution in [0.15, 0.2) is 35.4 Å². The average Bonchev–Trinajstić information content (AvgIpc) is 2.32. The number of aromatic nitrogens is 1. The van der Waals surface area contributed by atoms with E-state index in [9.17, 15) is 0 Å². The summed E-state index contributed by atoms with van der Waals surface area (Å²) in [5.74, 6) is 1.09. The molecule has 0 amide bonds. The highest BCUT2D eigenvalue weighted by Gasteiger charge is 2.02. The number of thioether (sulfide) groups is 1. The van der Waals surface area contributed by atoms with Crippen molar-refractivity contribution in [3.05, 3.63) is 36.0 Å². The monoisotopic (exact) mass is 249 g/mol. The Morgan fingerprint density at radius 1 is 1.24 bits per heavy atom. The van der Waals surface area contributed by atoms with E-state index in [1.807, 2.05) is 18.0 Å². The number of pyridine rings is 1. The molecule has 3 heteroatoms. The number of hydrogen-bond donors (Lipinski definition) is 1. The summed E-state index contributed by atoms with van der Waals surface area (Å²) in [7, 11) is 0. The zero-order valence-electron chi connectivity index (χ0n) is 10.6. The predicted octanol–water partition coefficient (Wildman–Crippen LogP) is 3.65. The Balaban J connectivity index is 0.000000437. The average molecular weight is 249 g/mol. The first-order valence-corrected chi connectivity index (χ1v) is 6.81. The highest BCUT2D eigenvalue weighted by molar-refractivity contribution is 7.99. The van der Waals surface area contributed by atoms with Gasteiger partial charge >= 0.3 is 0 Å². The van der Waals surface area contributed by atoms with Gasteiger partial charge in [0.05, 0.1) is 5.52 Å². The largest absolute Gasteiger partial charge is 0.397 e. The van der Waals surface area contributed by atoms with Crippen LogP contribution in [0.4, 0.5) is 0 Å². The molecule has 0 saturated carbocycles. The third-order valence-electron chi connectivity index (χ3n) is 2.25. The van der Waals surface area contributed by atoms with Gasteiger partial charge in [0.1, 0.15) is 0 Å². The molecule has 0 aliphatic carbocycles. The van der Waals surface area contributed by atoms with Crippen molar-refractivity contribution in [3.8, 4) is 0 Å². The molecular weight excluding hydrogens is 230 g/mol. The van der Waals surface area contributed by atoms with Gasteiger partial charge in [-0.25, -0.2) is 0 Å². The van der Waals surface area contributed by atoms with Gasteiger partial charge in [-0.05, 0) is 37.3 Å². The Hall–Kier alpha value is -1.06. The minimum absolute atomic E-state index is 0.250. The molecule has 0 atom stereocenters. The van der Waals surface area contributed by atoms with Crippen molar-refractivity contribution in [2.45, 2.75) is 25.7 Å². The molecule has 1 N–H and O–H groups in total. The lowest BCUT2D eigenvalue weighted by Crippen LogP contribution is -1.85. The summed E-state index contributed by atoms with van der Waals surface area (Å²) < 4.78 is 0. The molecule has 2 aromatic rings. The highest BCUT2D eigenvalue weighted by Crippen LogP contribution is 2.27. The Bertz CT molecular complexity index is 471. The Kier molecular flexibility index (Phi) is 6.01. The number of aliphatic hydroxyl groups is 1. The molecule has 0 saturated heterocycles. The summed E-state index contributed by atoms with van der Waals surface area (Å²) in [6, 6.07) is 8.44. The standard InChI is InChI=1S/C12H13NS.C2H6O/c1-3-14-11-6-4-5-10-9(2)7-8-13-12(10)11;1-2-3/h4-8H,3H2,1-2H3;3H,2H2,1H3. The van der Waals surface area contributed by atoms with Crippen LogP contribution in [0.2, 0.25) is 0 Å². The number of nitrogens with zero attached hydrogens (tertiary/aromatic N) is 1. The Morgan fingerprint density at radius 2 is 1.94 bits per heavy atom. The molecule has 2 rings (SSSR count). The summed E-state index contributed by atoms with van der Waals surface area (Å²) in [4.78, 5) is 5.73. The maximum absolute atomic E-state index is 7.57. The molecule has 0 fully saturated rings. The van der Waals surface area contributed by atoms with E-state index in [-0.39, 0.29) is 6.61 Å². The van der Waals surface area contributed by atoms with E-state index in [1.165, 1.54) is 15.8 Å². The van der Waals surface area contributed by atoms with Gasteiger partial charge in [0.25, 0.3) is 0 Å². The van der Waals surface area contributed by atoms with Crippen LogP contribution in [-0.4, -0.2) is 22.5 Å². The molecule has 0 aliphatic rings. The van der Waals surface area contributed by atoms with E-state index >= 15 is 0 Å². The van der Waals surface area contributed by atoms with E-state index < -0.39 is 0 Å². The fraction of sp³-hybridized carbons (Fsp3) is 0.357. The van der Waals surface area contributed by atoms with E-state index in [4.69, 9.17) is 5.11 Å². The van der Waals surface area contributed by atoms with Gasteiger partial charge < -0.3 is 5.11 Å². The van der Waals surface area contributed by atoms with Gasteiger partial charge in [-0.2, -0.15) is 0 Å². The maximum atomic E-state index is 7.57. The van der Waals surface area contributed by atoms with Crippen molar-refractivity contribution in [2.75, 3.05) is 12.4 Å². The third kappa shape index (κ3) is 3.72. The van der Waals surface area contributed by atoms with E-state index in [0.29, 0.717) is 0 Å². The second-order valence-electron chi connectivity index (χ2n) is 3.53. The first kappa shape index (κ1) is 14.0. The van der Waals surface area contributed by atoms with Gasteiger partial charge in [0.2, 0.25) is 0 Å². The SMILES string of the molecule is CCO.CCSc1cccc2c(C)ccnc12. The zero-order chi connectivity index (χ0) is 12.7. The number of para-hydroxylation sites is 1. The normalized spacial score (nSPS) is 9.88. The third-order valence-corrected chi connectivity index (χ3v) is 3.18. The van der Waals surface area contributed by atoms with Crippen LogP contribution in [0.1, 0.15) is 19.4 Å². The number of fused-ring (bicyclic) bond motifs is 1. The molecule has 0 unspecified atom stereocenters. The van der Waals surface area contributed by atoms with Crippen LogP contribution < -0.4 is 0 Å². The van der Waals surface area contributed by atoms with E-state index in [0.717, 1.165) is 11.3 Å². The summed E-state index contributed by atoms with van der Waals surface area (Å²) >= 11 is 1.85. The van der Waals surface area contributed by atoms with Crippen molar-refractivity contribution in [2.24, 2.45) is 0 Å². The molecule has 1 aromatic carbocycles.